The molecule has 1 fully saturated rings. The van der Waals surface area contributed by atoms with E-state index in [4.69, 9.17) is 4.74 Å². The number of carbonyl (C=O) groups excluding carboxylic acids is 1. The van der Waals surface area contributed by atoms with E-state index in [0.717, 1.165) is 25.9 Å². The van der Waals surface area contributed by atoms with E-state index < -0.39 is 0 Å². The van der Waals surface area contributed by atoms with Crippen LogP contribution in [0.4, 0.5) is 4.79 Å². The summed E-state index contributed by atoms with van der Waals surface area (Å²) in [5.41, 5.74) is -0.367. The number of rotatable bonds is 0. The molecule has 0 saturated carbocycles. The van der Waals surface area contributed by atoms with Crippen LogP contribution in [0.1, 0.15) is 40.0 Å². The molecule has 0 unspecified atom stereocenters. The average Bonchev–Trinajstić information content (AvgIpc) is 2.03. The second kappa shape index (κ2) is 7.21. The van der Waals surface area contributed by atoms with Gasteiger partial charge in [-0.1, -0.05) is 0 Å². The van der Waals surface area contributed by atoms with Gasteiger partial charge < -0.3 is 17.1 Å². The fourth-order valence-corrected chi connectivity index (χ4v) is 1.40. The van der Waals surface area contributed by atoms with Crippen molar-refractivity contribution in [2.75, 3.05) is 13.1 Å². The van der Waals surface area contributed by atoms with Gasteiger partial charge in [-0.15, -0.1) is 0 Å². The molecule has 15 heavy (non-hydrogen) atoms. The number of amides is 1. The van der Waals surface area contributed by atoms with E-state index in [1.165, 1.54) is 6.42 Å². The molecule has 0 spiro atoms. The van der Waals surface area contributed by atoms with Crippen LogP contribution in [-0.4, -0.2) is 29.7 Å². The van der Waals surface area contributed by atoms with Crippen molar-refractivity contribution < 1.29 is 29.0 Å². The smallest absolute Gasteiger partial charge is 0.410 e. The molecule has 0 aromatic carbocycles. The molecule has 0 radical (unpaired) electrons. The Morgan fingerprint density at radius 2 is 1.60 bits per heavy atom. The van der Waals surface area contributed by atoms with Gasteiger partial charge in [-0.3, -0.25) is 0 Å². The van der Waals surface area contributed by atoms with Crippen LogP contribution >= 0.6 is 0 Å². The normalized spacial score (nSPS) is 16.1. The van der Waals surface area contributed by atoms with Gasteiger partial charge in [0.1, 0.15) is 5.60 Å². The third-order valence-electron chi connectivity index (χ3n) is 2.01. The van der Waals surface area contributed by atoms with Crippen LogP contribution in [0.2, 0.25) is 0 Å². The molecule has 0 atom stereocenters. The maximum atomic E-state index is 11.5. The standard InChI is InChI=1S/C10H19NO2.CH3.Zn/c1-10(2,3)13-9(12)11-7-5-4-6-8-11;;/h4-8H2,1-3H3;1H3;/q;-1;. The molecule has 0 aromatic rings. The van der Waals surface area contributed by atoms with Gasteiger partial charge in [0, 0.05) is 32.6 Å². The predicted molar refractivity (Wildman–Crippen MR) is 58.1 cm³/mol. The van der Waals surface area contributed by atoms with E-state index in [9.17, 15) is 4.79 Å². The van der Waals surface area contributed by atoms with Gasteiger partial charge in [0.05, 0.1) is 0 Å². The zero-order chi connectivity index (χ0) is 9.90. The molecule has 0 N–H and O–H groups in total. The molecule has 86 valence electrons. The molecular formula is C11H22NO2Zn-. The van der Waals surface area contributed by atoms with Crippen molar-refractivity contribution in [3.05, 3.63) is 7.43 Å². The number of nitrogens with zero attached hydrogens (tertiary/aromatic N) is 1. The average molecular weight is 266 g/mol. The maximum Gasteiger partial charge on any atom is 0.410 e. The number of hydrogen-bond acceptors (Lipinski definition) is 2. The topological polar surface area (TPSA) is 29.5 Å². The Labute approximate surface area is 106 Å². The van der Waals surface area contributed by atoms with E-state index in [0.29, 0.717) is 0 Å². The minimum absolute atomic E-state index is 0. The first-order valence-electron chi connectivity index (χ1n) is 4.97. The molecular weight excluding hydrogens is 244 g/mol. The summed E-state index contributed by atoms with van der Waals surface area (Å²) in [4.78, 5) is 13.3. The number of carbonyl (C=O) groups is 1. The van der Waals surface area contributed by atoms with Gasteiger partial charge in [0.25, 0.3) is 0 Å². The number of hydrogen-bond donors (Lipinski definition) is 0. The zero-order valence-corrected chi connectivity index (χ0v) is 13.5. The molecule has 0 aromatic heterocycles. The molecule has 0 aliphatic carbocycles. The second-order valence-corrected chi connectivity index (χ2v) is 4.53. The van der Waals surface area contributed by atoms with Gasteiger partial charge in [-0.25, -0.2) is 4.79 Å². The second-order valence-electron chi connectivity index (χ2n) is 4.53. The summed E-state index contributed by atoms with van der Waals surface area (Å²) < 4.78 is 5.26. The number of piperidine rings is 1. The van der Waals surface area contributed by atoms with Crippen molar-refractivity contribution in [1.82, 2.24) is 4.90 Å². The molecule has 1 aliphatic rings. The van der Waals surface area contributed by atoms with Crippen LogP contribution in [0.25, 0.3) is 0 Å². The summed E-state index contributed by atoms with van der Waals surface area (Å²) >= 11 is 0. The number of likely N-dealkylation sites (tertiary alicyclic amines) is 1. The fourth-order valence-electron chi connectivity index (χ4n) is 1.40. The van der Waals surface area contributed by atoms with Gasteiger partial charge in [-0.2, -0.15) is 0 Å². The summed E-state index contributed by atoms with van der Waals surface area (Å²) in [7, 11) is 0. The monoisotopic (exact) mass is 264 g/mol. The largest absolute Gasteiger partial charge is 0.444 e. The summed E-state index contributed by atoms with van der Waals surface area (Å²) in [5.74, 6) is 0. The minimum atomic E-state index is -0.367. The molecule has 1 heterocycles. The van der Waals surface area contributed by atoms with E-state index in [-0.39, 0.29) is 38.6 Å². The van der Waals surface area contributed by atoms with Crippen LogP contribution in [0.3, 0.4) is 0 Å². The van der Waals surface area contributed by atoms with Gasteiger partial charge >= 0.3 is 6.09 Å². The van der Waals surface area contributed by atoms with Gasteiger partial charge in [0.15, 0.2) is 0 Å². The zero-order valence-electron chi connectivity index (χ0n) is 10.5. The van der Waals surface area contributed by atoms with Crippen molar-refractivity contribution in [1.29, 1.82) is 0 Å². The van der Waals surface area contributed by atoms with Crippen LogP contribution in [0, 0.1) is 7.43 Å². The van der Waals surface area contributed by atoms with Crippen molar-refractivity contribution in [3.63, 3.8) is 0 Å². The number of ether oxygens (including phenoxy) is 1. The first kappa shape index (κ1) is 17.3. The van der Waals surface area contributed by atoms with Crippen LogP contribution < -0.4 is 0 Å². The summed E-state index contributed by atoms with van der Waals surface area (Å²) in [6.07, 6.45) is 3.30. The molecule has 1 rings (SSSR count). The quantitative estimate of drug-likeness (QED) is 0.498. The van der Waals surface area contributed by atoms with E-state index in [1.807, 2.05) is 20.8 Å². The Hall–Kier alpha value is -0.107. The van der Waals surface area contributed by atoms with E-state index in [2.05, 4.69) is 0 Å². The molecule has 1 aliphatic heterocycles. The van der Waals surface area contributed by atoms with E-state index >= 15 is 0 Å². The fraction of sp³-hybridized carbons (Fsp3) is 0.818. The molecule has 3 nitrogen and oxygen atoms in total. The SMILES string of the molecule is CC(C)(C)OC(=O)N1CCCCC1.[CH3-].[Zn]. The van der Waals surface area contributed by atoms with Crippen molar-refractivity contribution in [3.8, 4) is 0 Å². The Balaban J connectivity index is 0. The Morgan fingerprint density at radius 3 is 2.00 bits per heavy atom. The molecule has 4 heteroatoms. The Morgan fingerprint density at radius 1 is 1.13 bits per heavy atom. The van der Waals surface area contributed by atoms with Crippen LogP contribution in [-0.2, 0) is 24.2 Å². The summed E-state index contributed by atoms with van der Waals surface area (Å²) in [6.45, 7) is 7.41. The third kappa shape index (κ3) is 6.89. The van der Waals surface area contributed by atoms with Crippen molar-refractivity contribution in [2.45, 2.75) is 45.6 Å². The van der Waals surface area contributed by atoms with Crippen LogP contribution in [0.5, 0.6) is 0 Å². The van der Waals surface area contributed by atoms with Gasteiger partial charge in [-0.05, 0) is 40.0 Å². The summed E-state index contributed by atoms with van der Waals surface area (Å²) in [6, 6.07) is 0. The first-order valence-corrected chi connectivity index (χ1v) is 4.97. The maximum absolute atomic E-state index is 11.5. The molecule has 1 amide bonds. The Kier molecular flexibility index (Phi) is 8.32. The molecule has 0 bridgehead atoms. The van der Waals surface area contributed by atoms with E-state index in [1.54, 1.807) is 4.90 Å². The third-order valence-corrected chi connectivity index (χ3v) is 2.01. The van der Waals surface area contributed by atoms with Crippen molar-refractivity contribution >= 4 is 6.09 Å². The predicted octanol–water partition coefficient (Wildman–Crippen LogP) is 2.86. The summed E-state index contributed by atoms with van der Waals surface area (Å²) in [5, 5.41) is 0. The minimum Gasteiger partial charge on any atom is -0.444 e. The first-order chi connectivity index (χ1) is 5.99. The van der Waals surface area contributed by atoms with Crippen molar-refractivity contribution in [2.24, 2.45) is 0 Å². The van der Waals surface area contributed by atoms with Gasteiger partial charge in [0.2, 0.25) is 0 Å². The Bertz CT molecular complexity index is 184. The van der Waals surface area contributed by atoms with Crippen LogP contribution in [0.15, 0.2) is 0 Å². The molecule has 1 saturated heterocycles.